The molecular weight excluding hydrogens is 199 g/mol. The molecule has 66 valence electrons. The summed E-state index contributed by atoms with van der Waals surface area (Å²) in [5.74, 6) is 0. The zero-order chi connectivity index (χ0) is 8.97. The van der Waals surface area contributed by atoms with Crippen LogP contribution in [0, 0.1) is 0 Å². The van der Waals surface area contributed by atoms with Gasteiger partial charge in [0, 0.05) is 5.56 Å². The summed E-state index contributed by atoms with van der Waals surface area (Å²) in [6.07, 6.45) is 0. The lowest BCUT2D eigenvalue weighted by molar-refractivity contribution is 0.271. The third kappa shape index (κ3) is 2.11. The van der Waals surface area contributed by atoms with E-state index in [4.69, 9.17) is 28.6 Å². The molecule has 0 radical (unpaired) electrons. The van der Waals surface area contributed by atoms with Crippen LogP contribution < -0.4 is 0 Å². The van der Waals surface area contributed by atoms with Crippen LogP contribution in [0.5, 0.6) is 0 Å². The second-order valence-electron chi connectivity index (χ2n) is 2.26. The van der Waals surface area contributed by atoms with Gasteiger partial charge in [0.05, 0.1) is 18.5 Å². The Balaban J connectivity index is 2.96. The highest BCUT2D eigenvalue weighted by Gasteiger charge is 2.10. The van der Waals surface area contributed by atoms with Crippen LogP contribution in [0.3, 0.4) is 0 Å². The van der Waals surface area contributed by atoms with Crippen molar-refractivity contribution in [2.24, 2.45) is 0 Å². The van der Waals surface area contributed by atoms with E-state index in [0.717, 1.165) is 5.56 Å². The number of rotatable bonds is 3. The van der Waals surface area contributed by atoms with Crippen molar-refractivity contribution in [2.45, 2.75) is 12.2 Å². The molecule has 0 aliphatic rings. The first-order valence-corrected chi connectivity index (χ1v) is 4.14. The molecule has 0 fully saturated rings. The van der Waals surface area contributed by atoms with Crippen LogP contribution in [0.4, 0.5) is 0 Å². The van der Waals surface area contributed by atoms with Crippen molar-refractivity contribution >= 4 is 23.5 Å². The predicted octanol–water partition coefficient (Wildman–Crippen LogP) is 2.59. The van der Waals surface area contributed by atoms with Crippen LogP contribution in [0.15, 0.2) is 24.3 Å². The van der Waals surface area contributed by atoms with Gasteiger partial charge in [0.2, 0.25) is 0 Å². The lowest BCUT2D eigenvalue weighted by Crippen LogP contribution is -1.96. The van der Waals surface area contributed by atoms with Gasteiger partial charge in [-0.1, -0.05) is 35.9 Å². The highest BCUT2D eigenvalue weighted by atomic mass is 35.5. The number of aliphatic hydroxyl groups excluding tert-OH is 1. The van der Waals surface area contributed by atoms with E-state index in [2.05, 4.69) is 4.29 Å². The standard InChI is InChI=1S/C8H8Cl2O2/c9-8(12-10)7-4-2-1-3-6(7)5-11/h1-4,8,11H,5H2. The molecule has 2 nitrogen and oxygen atoms in total. The first-order chi connectivity index (χ1) is 5.79. The molecule has 0 aliphatic carbocycles. The van der Waals surface area contributed by atoms with Gasteiger partial charge in [-0.05, 0) is 5.56 Å². The van der Waals surface area contributed by atoms with E-state index >= 15 is 0 Å². The van der Waals surface area contributed by atoms with Crippen molar-refractivity contribution in [3.63, 3.8) is 0 Å². The monoisotopic (exact) mass is 206 g/mol. The molecule has 0 aromatic heterocycles. The summed E-state index contributed by atoms with van der Waals surface area (Å²) in [4.78, 5) is 0. The fourth-order valence-electron chi connectivity index (χ4n) is 0.948. The fourth-order valence-corrected chi connectivity index (χ4v) is 1.26. The third-order valence-corrected chi connectivity index (χ3v) is 2.14. The Bertz CT molecular complexity index is 253. The van der Waals surface area contributed by atoms with Gasteiger partial charge in [-0.25, -0.2) is 0 Å². The van der Waals surface area contributed by atoms with Crippen molar-refractivity contribution in [1.29, 1.82) is 0 Å². The summed E-state index contributed by atoms with van der Waals surface area (Å²) in [7, 11) is 0. The third-order valence-electron chi connectivity index (χ3n) is 1.55. The molecule has 1 atom stereocenters. The number of hydrogen-bond acceptors (Lipinski definition) is 2. The van der Waals surface area contributed by atoms with E-state index in [1.165, 1.54) is 0 Å². The zero-order valence-electron chi connectivity index (χ0n) is 6.21. The van der Waals surface area contributed by atoms with Gasteiger partial charge in [0.25, 0.3) is 0 Å². The normalized spacial score (nSPS) is 12.9. The summed E-state index contributed by atoms with van der Waals surface area (Å²) >= 11 is 10.8. The molecule has 1 rings (SSSR count). The van der Waals surface area contributed by atoms with Crippen molar-refractivity contribution in [3.8, 4) is 0 Å². The van der Waals surface area contributed by atoms with Gasteiger partial charge in [-0.2, -0.15) is 0 Å². The van der Waals surface area contributed by atoms with Crippen molar-refractivity contribution in [3.05, 3.63) is 35.4 Å². The van der Waals surface area contributed by atoms with Crippen molar-refractivity contribution < 1.29 is 9.40 Å². The highest BCUT2D eigenvalue weighted by Crippen LogP contribution is 2.26. The highest BCUT2D eigenvalue weighted by molar-refractivity contribution is 6.22. The Morgan fingerprint density at radius 2 is 2.08 bits per heavy atom. The lowest BCUT2D eigenvalue weighted by atomic mass is 10.1. The van der Waals surface area contributed by atoms with E-state index in [9.17, 15) is 0 Å². The maximum absolute atomic E-state index is 8.91. The van der Waals surface area contributed by atoms with E-state index in [1.807, 2.05) is 6.07 Å². The molecule has 0 aliphatic heterocycles. The van der Waals surface area contributed by atoms with Crippen LogP contribution in [0.1, 0.15) is 16.7 Å². The minimum absolute atomic E-state index is 0.0698. The second kappa shape index (κ2) is 4.67. The quantitative estimate of drug-likeness (QED) is 0.771. The lowest BCUT2D eigenvalue weighted by Gasteiger charge is -2.09. The van der Waals surface area contributed by atoms with E-state index < -0.39 is 5.56 Å². The Morgan fingerprint density at radius 3 is 2.67 bits per heavy atom. The average Bonchev–Trinajstić information content (AvgIpc) is 2.16. The molecule has 0 spiro atoms. The molecule has 0 amide bonds. The molecule has 0 saturated carbocycles. The SMILES string of the molecule is OCc1ccccc1C(Cl)OCl. The molecule has 1 aromatic rings. The minimum Gasteiger partial charge on any atom is -0.392 e. The van der Waals surface area contributed by atoms with Gasteiger partial charge < -0.3 is 5.11 Å². The van der Waals surface area contributed by atoms with Gasteiger partial charge >= 0.3 is 0 Å². The fraction of sp³-hybridized carbons (Fsp3) is 0.250. The van der Waals surface area contributed by atoms with Gasteiger partial charge in [-0.15, -0.1) is 0 Å². The summed E-state index contributed by atoms with van der Waals surface area (Å²) in [6, 6.07) is 7.14. The summed E-state index contributed by atoms with van der Waals surface area (Å²) < 4.78 is 4.41. The number of benzene rings is 1. The summed E-state index contributed by atoms with van der Waals surface area (Å²) in [6.45, 7) is -0.0698. The number of hydrogen-bond donors (Lipinski definition) is 1. The molecular formula is C8H8Cl2O2. The molecule has 4 heteroatoms. The Hall–Kier alpha value is -0.280. The molecule has 0 heterocycles. The van der Waals surface area contributed by atoms with E-state index in [1.54, 1.807) is 18.2 Å². The maximum Gasteiger partial charge on any atom is 0.178 e. The number of halogens is 2. The van der Waals surface area contributed by atoms with Crippen molar-refractivity contribution in [2.75, 3.05) is 0 Å². The van der Waals surface area contributed by atoms with Crippen LogP contribution in [0.2, 0.25) is 0 Å². The summed E-state index contributed by atoms with van der Waals surface area (Å²) in [5.41, 5.74) is 0.699. The van der Waals surface area contributed by atoms with E-state index in [0.29, 0.717) is 5.56 Å². The molecule has 1 unspecified atom stereocenters. The van der Waals surface area contributed by atoms with E-state index in [-0.39, 0.29) is 6.61 Å². The number of aliphatic hydroxyl groups is 1. The van der Waals surface area contributed by atoms with Crippen molar-refractivity contribution in [1.82, 2.24) is 0 Å². The van der Waals surface area contributed by atoms with Gasteiger partial charge in [0.1, 0.15) is 0 Å². The second-order valence-corrected chi connectivity index (χ2v) is 2.84. The van der Waals surface area contributed by atoms with Crippen LogP contribution in [-0.2, 0) is 10.9 Å². The molecule has 1 N–H and O–H groups in total. The molecule has 0 bridgehead atoms. The Morgan fingerprint density at radius 1 is 1.42 bits per heavy atom. The molecule has 12 heavy (non-hydrogen) atoms. The molecule has 1 aromatic carbocycles. The minimum atomic E-state index is -0.713. The topological polar surface area (TPSA) is 29.5 Å². The molecule has 0 saturated heterocycles. The zero-order valence-corrected chi connectivity index (χ0v) is 7.72. The van der Waals surface area contributed by atoms with Crippen LogP contribution in [-0.4, -0.2) is 5.11 Å². The first kappa shape index (κ1) is 9.81. The smallest absolute Gasteiger partial charge is 0.178 e. The largest absolute Gasteiger partial charge is 0.392 e. The predicted molar refractivity (Wildman–Crippen MR) is 47.9 cm³/mol. The van der Waals surface area contributed by atoms with Gasteiger partial charge in [0.15, 0.2) is 5.56 Å². The first-order valence-electron chi connectivity index (χ1n) is 3.39. The van der Waals surface area contributed by atoms with Crippen LogP contribution >= 0.6 is 23.5 Å². The van der Waals surface area contributed by atoms with Crippen LogP contribution in [0.25, 0.3) is 0 Å². The maximum atomic E-state index is 8.91. The number of alkyl halides is 1. The average molecular weight is 207 g/mol. The Kier molecular flexibility index (Phi) is 3.82. The van der Waals surface area contributed by atoms with Gasteiger partial charge in [-0.3, -0.25) is 4.29 Å². The Labute approximate surface area is 80.8 Å². The summed E-state index contributed by atoms with van der Waals surface area (Å²) in [5, 5.41) is 8.91.